The summed E-state index contributed by atoms with van der Waals surface area (Å²) in [6.07, 6.45) is 0.629. The van der Waals surface area contributed by atoms with E-state index in [-0.39, 0.29) is 12.4 Å². The molecule has 0 bridgehead atoms. The van der Waals surface area contributed by atoms with Gasteiger partial charge < -0.3 is 10.0 Å². The number of rotatable bonds is 4. The highest BCUT2D eigenvalue weighted by molar-refractivity contribution is 6.31. The molecular formula is C12H15ClFNO. The van der Waals surface area contributed by atoms with E-state index in [4.69, 9.17) is 16.7 Å². The zero-order chi connectivity index (χ0) is 11.5. The molecule has 88 valence electrons. The van der Waals surface area contributed by atoms with E-state index in [1.807, 2.05) is 0 Å². The van der Waals surface area contributed by atoms with Crippen LogP contribution in [0, 0.1) is 11.7 Å². The van der Waals surface area contributed by atoms with Crippen LogP contribution in [0.4, 0.5) is 4.39 Å². The van der Waals surface area contributed by atoms with Gasteiger partial charge in [0.05, 0.1) is 0 Å². The fourth-order valence-electron chi connectivity index (χ4n) is 2.02. The summed E-state index contributed by atoms with van der Waals surface area (Å²) >= 11 is 5.93. The summed E-state index contributed by atoms with van der Waals surface area (Å²) < 4.78 is 13.4. The van der Waals surface area contributed by atoms with Crippen molar-refractivity contribution in [1.82, 2.24) is 4.90 Å². The van der Waals surface area contributed by atoms with E-state index in [0.29, 0.717) is 22.9 Å². The lowest BCUT2D eigenvalue weighted by atomic mass is 10.0. The second-order valence-corrected chi connectivity index (χ2v) is 4.67. The molecule has 2 nitrogen and oxygen atoms in total. The number of benzene rings is 1. The van der Waals surface area contributed by atoms with Gasteiger partial charge in [0.1, 0.15) is 5.82 Å². The van der Waals surface area contributed by atoms with Gasteiger partial charge in [-0.05, 0) is 18.6 Å². The first-order valence-corrected chi connectivity index (χ1v) is 5.84. The molecule has 0 amide bonds. The number of nitrogens with zero attached hydrogens (tertiary/aromatic N) is 1. The molecule has 16 heavy (non-hydrogen) atoms. The second kappa shape index (κ2) is 5.13. The van der Waals surface area contributed by atoms with Crippen LogP contribution in [-0.4, -0.2) is 36.2 Å². The summed E-state index contributed by atoms with van der Waals surface area (Å²) in [4.78, 5) is 2.20. The van der Waals surface area contributed by atoms with Gasteiger partial charge >= 0.3 is 0 Å². The fraction of sp³-hybridized carbons (Fsp3) is 0.500. The molecule has 1 aromatic carbocycles. The number of hydrogen-bond acceptors (Lipinski definition) is 2. The van der Waals surface area contributed by atoms with Crippen LogP contribution >= 0.6 is 11.6 Å². The van der Waals surface area contributed by atoms with Crippen LogP contribution in [0.25, 0.3) is 0 Å². The minimum atomic E-state index is -0.230. The standard InChI is InChI=1S/C12H15ClFNO/c13-11-2-1-3-12(14)10(11)4-5-15-6-9(7-15)8-16/h1-3,9,16H,4-8H2. The van der Waals surface area contributed by atoms with Crippen molar-refractivity contribution < 1.29 is 9.50 Å². The predicted molar refractivity (Wildman–Crippen MR) is 62.1 cm³/mol. The Morgan fingerprint density at radius 1 is 1.44 bits per heavy atom. The Kier molecular flexibility index (Phi) is 3.79. The number of halogens is 2. The Morgan fingerprint density at radius 3 is 2.81 bits per heavy atom. The molecule has 0 unspecified atom stereocenters. The Hall–Kier alpha value is -0.640. The first kappa shape index (κ1) is 11.8. The maximum atomic E-state index is 13.4. The van der Waals surface area contributed by atoms with Gasteiger partial charge in [-0.15, -0.1) is 0 Å². The lowest BCUT2D eigenvalue weighted by Crippen LogP contribution is -2.48. The van der Waals surface area contributed by atoms with E-state index >= 15 is 0 Å². The van der Waals surface area contributed by atoms with E-state index in [0.717, 1.165) is 19.6 Å². The molecule has 1 fully saturated rings. The highest BCUT2D eigenvalue weighted by Crippen LogP contribution is 2.21. The lowest BCUT2D eigenvalue weighted by molar-refractivity contribution is 0.0549. The average molecular weight is 244 g/mol. The van der Waals surface area contributed by atoms with Gasteiger partial charge in [0.15, 0.2) is 0 Å². The van der Waals surface area contributed by atoms with Crippen LogP contribution in [0.5, 0.6) is 0 Å². The largest absolute Gasteiger partial charge is 0.396 e. The monoisotopic (exact) mass is 243 g/mol. The van der Waals surface area contributed by atoms with Crippen molar-refractivity contribution in [3.8, 4) is 0 Å². The van der Waals surface area contributed by atoms with Crippen LogP contribution in [0.2, 0.25) is 5.02 Å². The van der Waals surface area contributed by atoms with Crippen LogP contribution < -0.4 is 0 Å². The Bertz CT molecular complexity index is 346. The summed E-state index contributed by atoms with van der Waals surface area (Å²) in [6.45, 7) is 2.86. The van der Waals surface area contributed by atoms with Gasteiger partial charge in [-0.1, -0.05) is 17.7 Å². The van der Waals surface area contributed by atoms with Crippen LogP contribution in [0.15, 0.2) is 18.2 Å². The summed E-state index contributed by atoms with van der Waals surface area (Å²) in [5.74, 6) is 0.169. The quantitative estimate of drug-likeness (QED) is 0.874. The van der Waals surface area contributed by atoms with E-state index in [1.54, 1.807) is 12.1 Å². The van der Waals surface area contributed by atoms with Crippen LogP contribution in [-0.2, 0) is 6.42 Å². The van der Waals surface area contributed by atoms with Crippen molar-refractivity contribution in [2.75, 3.05) is 26.2 Å². The molecule has 1 aliphatic heterocycles. The molecule has 0 aliphatic carbocycles. The zero-order valence-electron chi connectivity index (χ0n) is 9.00. The summed E-state index contributed by atoms with van der Waals surface area (Å²) in [5, 5.41) is 9.37. The molecule has 0 atom stereocenters. The fourth-order valence-corrected chi connectivity index (χ4v) is 2.27. The Balaban J connectivity index is 1.86. The van der Waals surface area contributed by atoms with Gasteiger partial charge in [-0.3, -0.25) is 0 Å². The van der Waals surface area contributed by atoms with E-state index < -0.39 is 0 Å². The third-order valence-electron chi connectivity index (χ3n) is 3.03. The van der Waals surface area contributed by atoms with Crippen LogP contribution in [0.1, 0.15) is 5.56 Å². The molecular weight excluding hydrogens is 229 g/mol. The zero-order valence-corrected chi connectivity index (χ0v) is 9.75. The third-order valence-corrected chi connectivity index (χ3v) is 3.38. The van der Waals surface area contributed by atoms with Crippen molar-refractivity contribution in [1.29, 1.82) is 0 Å². The number of aliphatic hydroxyl groups is 1. The maximum absolute atomic E-state index is 13.4. The number of aliphatic hydroxyl groups excluding tert-OH is 1. The molecule has 0 spiro atoms. The normalized spacial score (nSPS) is 17.4. The van der Waals surface area contributed by atoms with Gasteiger partial charge in [0.25, 0.3) is 0 Å². The van der Waals surface area contributed by atoms with Crippen LogP contribution in [0.3, 0.4) is 0 Å². The molecule has 0 radical (unpaired) electrons. The van der Waals surface area contributed by atoms with Crippen molar-refractivity contribution >= 4 is 11.6 Å². The highest BCUT2D eigenvalue weighted by Gasteiger charge is 2.25. The number of hydrogen-bond donors (Lipinski definition) is 1. The van der Waals surface area contributed by atoms with Gasteiger partial charge in [0.2, 0.25) is 0 Å². The molecule has 1 aliphatic rings. The SMILES string of the molecule is OCC1CN(CCc2c(F)cccc2Cl)C1. The van der Waals surface area contributed by atoms with Crippen molar-refractivity contribution in [3.05, 3.63) is 34.6 Å². The van der Waals surface area contributed by atoms with Crippen molar-refractivity contribution in [2.45, 2.75) is 6.42 Å². The first-order valence-electron chi connectivity index (χ1n) is 5.47. The molecule has 1 saturated heterocycles. The molecule has 0 saturated carbocycles. The Labute approximate surface area is 99.6 Å². The molecule has 1 N–H and O–H groups in total. The molecule has 1 aromatic rings. The smallest absolute Gasteiger partial charge is 0.127 e. The topological polar surface area (TPSA) is 23.5 Å². The molecule has 0 aromatic heterocycles. The van der Waals surface area contributed by atoms with Crippen molar-refractivity contribution in [2.24, 2.45) is 5.92 Å². The maximum Gasteiger partial charge on any atom is 0.127 e. The molecule has 1 heterocycles. The van der Waals surface area contributed by atoms with E-state index in [1.165, 1.54) is 6.07 Å². The Morgan fingerprint density at radius 2 is 2.19 bits per heavy atom. The summed E-state index contributed by atoms with van der Waals surface area (Å²) in [5.41, 5.74) is 0.594. The minimum Gasteiger partial charge on any atom is -0.396 e. The summed E-state index contributed by atoms with van der Waals surface area (Å²) in [7, 11) is 0. The lowest BCUT2D eigenvalue weighted by Gasteiger charge is -2.38. The van der Waals surface area contributed by atoms with E-state index in [9.17, 15) is 4.39 Å². The number of likely N-dealkylation sites (tertiary alicyclic amines) is 1. The second-order valence-electron chi connectivity index (χ2n) is 4.26. The molecule has 2 rings (SSSR count). The van der Waals surface area contributed by atoms with Gasteiger partial charge in [-0.2, -0.15) is 0 Å². The average Bonchev–Trinajstić information content (AvgIpc) is 2.19. The first-order chi connectivity index (χ1) is 7.70. The van der Waals surface area contributed by atoms with Gasteiger partial charge in [-0.25, -0.2) is 4.39 Å². The van der Waals surface area contributed by atoms with Crippen molar-refractivity contribution in [3.63, 3.8) is 0 Å². The minimum absolute atomic E-state index is 0.230. The third kappa shape index (κ3) is 2.54. The summed E-state index contributed by atoms with van der Waals surface area (Å²) in [6, 6.07) is 4.77. The highest BCUT2D eigenvalue weighted by atomic mass is 35.5. The molecule has 4 heteroatoms. The predicted octanol–water partition coefficient (Wildman–Crippen LogP) is 1.95. The van der Waals surface area contributed by atoms with E-state index in [2.05, 4.69) is 4.90 Å². The van der Waals surface area contributed by atoms with Gasteiger partial charge in [0, 0.05) is 42.7 Å².